The molecule has 3 atom stereocenters. The number of allylic oxidation sites excluding steroid dienone is 11. The molecule has 27 heavy (non-hydrogen) atoms. The molecule has 0 amide bonds. The third-order valence-corrected chi connectivity index (χ3v) is 6.39. The number of ether oxygens (including phenoxy) is 1. The van der Waals surface area contributed by atoms with Gasteiger partial charge in [0.1, 0.15) is 11.9 Å². The molecule has 1 saturated heterocycles. The Kier molecular flexibility index (Phi) is 10.1. The fourth-order valence-electron chi connectivity index (χ4n) is 3.38. The first kappa shape index (κ1) is 23.2. The molecule has 0 bridgehead atoms. The third-order valence-electron chi connectivity index (χ3n) is 4.80. The SMILES string of the molecule is C=C/C=C\C=C(/C=C)PC1CC(C(C)(C)CCC)OC(=C/C=C)/C1=C\C=C. The minimum atomic E-state index is 0.123. The molecule has 1 nitrogen and oxygen atoms in total. The van der Waals surface area contributed by atoms with Gasteiger partial charge >= 0.3 is 0 Å². The highest BCUT2D eigenvalue weighted by molar-refractivity contribution is 7.44. The molecule has 1 aliphatic rings. The van der Waals surface area contributed by atoms with Gasteiger partial charge in [-0.2, -0.15) is 0 Å². The maximum atomic E-state index is 6.46. The van der Waals surface area contributed by atoms with E-state index in [-0.39, 0.29) is 11.5 Å². The van der Waals surface area contributed by atoms with Crippen molar-refractivity contribution in [2.75, 3.05) is 0 Å². The van der Waals surface area contributed by atoms with Gasteiger partial charge < -0.3 is 4.74 Å². The second kappa shape index (κ2) is 11.8. The van der Waals surface area contributed by atoms with Crippen LogP contribution in [0.1, 0.15) is 40.0 Å². The molecular formula is C25H35OP. The van der Waals surface area contributed by atoms with Gasteiger partial charge in [0.05, 0.1) is 0 Å². The molecule has 1 aliphatic heterocycles. The van der Waals surface area contributed by atoms with E-state index in [1.807, 2.05) is 30.4 Å². The van der Waals surface area contributed by atoms with Crippen LogP contribution < -0.4 is 0 Å². The van der Waals surface area contributed by atoms with Crippen LogP contribution in [0, 0.1) is 5.41 Å². The summed E-state index contributed by atoms with van der Waals surface area (Å²) in [6.45, 7) is 22.4. The summed E-state index contributed by atoms with van der Waals surface area (Å²) in [6.07, 6.45) is 21.0. The molecule has 0 aliphatic carbocycles. The van der Waals surface area contributed by atoms with Crippen molar-refractivity contribution in [3.8, 4) is 0 Å². The van der Waals surface area contributed by atoms with Crippen molar-refractivity contribution < 1.29 is 4.74 Å². The monoisotopic (exact) mass is 382 g/mol. The number of rotatable bonds is 10. The first-order valence-electron chi connectivity index (χ1n) is 9.64. The zero-order valence-corrected chi connectivity index (χ0v) is 18.2. The van der Waals surface area contributed by atoms with Crippen molar-refractivity contribution in [1.82, 2.24) is 0 Å². The molecule has 0 aromatic rings. The van der Waals surface area contributed by atoms with Crippen LogP contribution in [0.3, 0.4) is 0 Å². The highest BCUT2D eigenvalue weighted by Gasteiger charge is 2.38. The van der Waals surface area contributed by atoms with Crippen LogP contribution in [0.15, 0.2) is 97.6 Å². The van der Waals surface area contributed by atoms with Crippen LogP contribution >= 0.6 is 8.58 Å². The maximum Gasteiger partial charge on any atom is 0.123 e. The summed E-state index contributed by atoms with van der Waals surface area (Å²) >= 11 is 0. The topological polar surface area (TPSA) is 9.23 Å². The van der Waals surface area contributed by atoms with Gasteiger partial charge in [0.2, 0.25) is 0 Å². The maximum absolute atomic E-state index is 6.46. The molecule has 0 saturated carbocycles. The summed E-state index contributed by atoms with van der Waals surface area (Å²) in [6, 6.07) is 0. The predicted molar refractivity (Wildman–Crippen MR) is 124 cm³/mol. The van der Waals surface area contributed by atoms with E-state index in [9.17, 15) is 0 Å². The van der Waals surface area contributed by atoms with Gasteiger partial charge in [-0.25, -0.2) is 0 Å². The van der Waals surface area contributed by atoms with Crippen molar-refractivity contribution in [3.05, 3.63) is 97.6 Å². The molecule has 3 unspecified atom stereocenters. The molecule has 0 spiro atoms. The van der Waals surface area contributed by atoms with Crippen LogP contribution in [0.2, 0.25) is 0 Å². The molecule has 146 valence electrons. The van der Waals surface area contributed by atoms with Crippen molar-refractivity contribution in [1.29, 1.82) is 0 Å². The lowest BCUT2D eigenvalue weighted by Gasteiger charge is -2.42. The average molecular weight is 383 g/mol. The summed E-state index contributed by atoms with van der Waals surface area (Å²) in [4.78, 5) is 0. The number of hydrogen-bond acceptors (Lipinski definition) is 1. The Balaban J connectivity index is 3.27. The summed E-state index contributed by atoms with van der Waals surface area (Å²) in [5, 5.41) is 1.24. The Bertz CT molecular complexity index is 658. The Hall–Kier alpha value is -1.85. The van der Waals surface area contributed by atoms with E-state index in [2.05, 4.69) is 59.2 Å². The minimum absolute atomic E-state index is 0.123. The van der Waals surface area contributed by atoms with E-state index in [0.717, 1.165) is 25.0 Å². The van der Waals surface area contributed by atoms with Crippen LogP contribution in [-0.2, 0) is 4.74 Å². The summed E-state index contributed by atoms with van der Waals surface area (Å²) in [5.74, 6) is 0.924. The van der Waals surface area contributed by atoms with Crippen molar-refractivity contribution in [2.45, 2.75) is 51.8 Å². The quantitative estimate of drug-likeness (QED) is 0.278. The van der Waals surface area contributed by atoms with Gasteiger partial charge in [-0.3, -0.25) is 0 Å². The minimum Gasteiger partial charge on any atom is -0.490 e. The molecule has 1 fully saturated rings. The molecule has 0 N–H and O–H groups in total. The van der Waals surface area contributed by atoms with Crippen molar-refractivity contribution in [2.24, 2.45) is 5.41 Å². The van der Waals surface area contributed by atoms with E-state index in [0.29, 0.717) is 14.2 Å². The van der Waals surface area contributed by atoms with Gasteiger partial charge in [0, 0.05) is 16.6 Å². The van der Waals surface area contributed by atoms with Gasteiger partial charge in [-0.05, 0) is 24.2 Å². The molecule has 2 heteroatoms. The Morgan fingerprint density at radius 2 is 1.81 bits per heavy atom. The molecule has 0 radical (unpaired) electrons. The van der Waals surface area contributed by atoms with Gasteiger partial charge in [-0.15, -0.1) is 0 Å². The van der Waals surface area contributed by atoms with Gasteiger partial charge in [0.25, 0.3) is 0 Å². The molecular weight excluding hydrogens is 347 g/mol. The second-order valence-electron chi connectivity index (χ2n) is 7.35. The summed E-state index contributed by atoms with van der Waals surface area (Å²) < 4.78 is 6.46. The standard InChI is InChI=1S/C25H35OP/c1-8-13-14-17-20(12-5)27-23-19-24(25(6,7)18-11-4)26-22(16-10-3)21(23)15-9-2/h8-10,12-17,23-24,27H,1-3,5,11,18-19H2,4,6-7H3/b14-13-,20-17+,21-15+,22-16+. The lowest BCUT2D eigenvalue weighted by atomic mass is 9.78. The largest absolute Gasteiger partial charge is 0.490 e. The van der Waals surface area contributed by atoms with E-state index in [4.69, 9.17) is 4.74 Å². The second-order valence-corrected chi connectivity index (χ2v) is 8.91. The van der Waals surface area contributed by atoms with Crippen LogP contribution in [0.25, 0.3) is 0 Å². The Labute approximate surface area is 168 Å². The van der Waals surface area contributed by atoms with Crippen LogP contribution in [0.5, 0.6) is 0 Å². The van der Waals surface area contributed by atoms with Gasteiger partial charge in [0.15, 0.2) is 0 Å². The van der Waals surface area contributed by atoms with E-state index < -0.39 is 0 Å². The Morgan fingerprint density at radius 3 is 2.37 bits per heavy atom. The lowest BCUT2D eigenvalue weighted by molar-refractivity contribution is -0.00221. The van der Waals surface area contributed by atoms with Crippen LogP contribution in [-0.4, -0.2) is 11.8 Å². The van der Waals surface area contributed by atoms with E-state index >= 15 is 0 Å². The molecule has 0 aromatic carbocycles. The molecule has 0 aromatic heterocycles. The zero-order valence-electron chi connectivity index (χ0n) is 17.2. The van der Waals surface area contributed by atoms with Crippen LogP contribution in [0.4, 0.5) is 0 Å². The normalized spacial score (nSPS) is 24.5. The average Bonchev–Trinajstić information content (AvgIpc) is 2.63. The fraction of sp³-hybridized carbons (Fsp3) is 0.360. The summed E-state index contributed by atoms with van der Waals surface area (Å²) in [5.41, 5.74) is 1.70. The van der Waals surface area contributed by atoms with Crippen molar-refractivity contribution in [3.63, 3.8) is 0 Å². The molecule has 1 rings (SSSR count). The third kappa shape index (κ3) is 7.00. The molecule has 1 heterocycles. The number of hydrogen-bond donors (Lipinski definition) is 0. The Morgan fingerprint density at radius 1 is 1.11 bits per heavy atom. The summed E-state index contributed by atoms with van der Waals surface area (Å²) in [7, 11) is 0.618. The zero-order chi connectivity index (χ0) is 20.3. The first-order valence-corrected chi connectivity index (χ1v) is 10.7. The smallest absolute Gasteiger partial charge is 0.123 e. The van der Waals surface area contributed by atoms with Gasteiger partial charge in [-0.1, -0.05) is 111 Å². The highest BCUT2D eigenvalue weighted by Crippen LogP contribution is 2.47. The fourth-order valence-corrected chi connectivity index (χ4v) is 4.82. The highest BCUT2D eigenvalue weighted by atomic mass is 31.1. The van der Waals surface area contributed by atoms with E-state index in [1.54, 1.807) is 12.2 Å². The predicted octanol–water partition coefficient (Wildman–Crippen LogP) is 7.64. The first-order chi connectivity index (χ1) is 12.9. The van der Waals surface area contributed by atoms with Crippen molar-refractivity contribution >= 4 is 8.58 Å². The lowest BCUT2D eigenvalue weighted by Crippen LogP contribution is -2.38. The van der Waals surface area contributed by atoms with E-state index in [1.165, 1.54) is 10.9 Å².